The molecule has 3 radical (unpaired) electrons. The molecule has 0 N–H and O–H groups in total. The normalized spacial score (nSPS) is 12.0. The summed E-state index contributed by atoms with van der Waals surface area (Å²) < 4.78 is 4.78. The van der Waals surface area contributed by atoms with Crippen LogP contribution >= 0.6 is 0 Å². The van der Waals surface area contributed by atoms with Gasteiger partial charge in [0.05, 0.1) is 16.9 Å². The van der Waals surface area contributed by atoms with E-state index in [0.717, 1.165) is 0 Å². The van der Waals surface area contributed by atoms with Gasteiger partial charge in [-0.3, -0.25) is 9.46 Å². The minimum atomic E-state index is -1.57. The molecular weight excluding hydrogens is 124 g/mol. The average molecular weight is 133 g/mol. The van der Waals surface area contributed by atoms with E-state index in [1.165, 1.54) is 7.11 Å². The number of rotatable bonds is 2. The van der Waals surface area contributed by atoms with Crippen molar-refractivity contribution in [1.82, 2.24) is 0 Å². The lowest BCUT2D eigenvalue weighted by molar-refractivity contribution is -0.186. The number of hydrogen-bond acceptors (Lipinski definition) is 2. The number of hydrogen-bond donors (Lipinski definition) is 0. The van der Waals surface area contributed by atoms with Gasteiger partial charge in [-0.1, -0.05) is 0 Å². The summed E-state index contributed by atoms with van der Waals surface area (Å²) in [6.07, 6.45) is 0. The molecule has 0 aliphatic heterocycles. The topological polar surface area (TPSA) is 18.5 Å². The quantitative estimate of drug-likeness (QED) is 0.309. The third kappa shape index (κ3) is 6.35. The van der Waals surface area contributed by atoms with Crippen molar-refractivity contribution in [1.29, 1.82) is 0 Å². The zero-order chi connectivity index (χ0) is 5.91. The molecule has 7 heavy (non-hydrogen) atoms. The minimum Gasteiger partial charge on any atom is -0.292 e. The van der Waals surface area contributed by atoms with E-state index in [-0.39, 0.29) is 0 Å². The first kappa shape index (κ1) is 7.35. The monoisotopic (exact) mass is 133 g/mol. The Hall–Kier alpha value is 0.354. The second kappa shape index (κ2) is 2.61. The third-order valence-electron chi connectivity index (χ3n) is 0.292. The molecule has 0 saturated carbocycles. The lowest BCUT2D eigenvalue weighted by Gasteiger charge is -2.11. The summed E-state index contributed by atoms with van der Waals surface area (Å²) in [6.45, 7) is 3.96. The maximum Gasteiger partial charge on any atom is 0.211 e. The van der Waals surface area contributed by atoms with Gasteiger partial charge in [0.15, 0.2) is 0 Å². The van der Waals surface area contributed by atoms with Crippen LogP contribution in [0.1, 0.15) is 0 Å². The van der Waals surface area contributed by atoms with E-state index < -0.39 is 7.83 Å². The van der Waals surface area contributed by atoms with Gasteiger partial charge in [0, 0.05) is 0 Å². The van der Waals surface area contributed by atoms with E-state index in [2.05, 4.69) is 14.6 Å². The molecule has 0 atom stereocenters. The smallest absolute Gasteiger partial charge is 0.211 e. The van der Waals surface area contributed by atoms with Gasteiger partial charge in [-0.2, -0.15) is 0 Å². The van der Waals surface area contributed by atoms with Gasteiger partial charge in [0.2, 0.25) is 7.83 Å². The largest absolute Gasteiger partial charge is 0.292 e. The molecule has 4 heteroatoms. The van der Waals surface area contributed by atoms with Crippen LogP contribution in [0, 0.1) is 0 Å². The Morgan fingerprint density at radius 1 is 1.43 bits per heavy atom. The van der Waals surface area contributed by atoms with Gasteiger partial charge >= 0.3 is 0 Å². The maximum atomic E-state index is 4.78. The first-order chi connectivity index (χ1) is 3.06. The zero-order valence-corrected chi connectivity index (χ0v) is 6.82. The highest BCUT2D eigenvalue weighted by Gasteiger charge is 2.14. The molecule has 0 aromatic carbocycles. The van der Waals surface area contributed by atoms with E-state index in [4.69, 9.17) is 4.58 Å². The van der Waals surface area contributed by atoms with Crippen molar-refractivity contribution >= 4 is 17.6 Å². The molecule has 0 aromatic rings. The third-order valence-corrected chi connectivity index (χ3v) is 1.13. The molecule has 0 heterocycles. The predicted octanol–water partition coefficient (Wildman–Crippen LogP) is 0.435. The average Bonchev–Trinajstić information content (AvgIpc) is 1.30. The van der Waals surface area contributed by atoms with Crippen LogP contribution in [0.3, 0.4) is 0 Å². The van der Waals surface area contributed by atoms with Crippen molar-refractivity contribution in [3.63, 3.8) is 0 Å². The molecule has 0 fully saturated rings. The van der Waals surface area contributed by atoms with Crippen LogP contribution in [0.5, 0.6) is 0 Å². The first-order valence-corrected chi connectivity index (χ1v) is 6.44. The molecule has 0 aromatic heterocycles. The lowest BCUT2D eigenvalue weighted by Crippen LogP contribution is -2.30. The van der Waals surface area contributed by atoms with Crippen molar-refractivity contribution in [3.05, 3.63) is 0 Å². The summed E-state index contributed by atoms with van der Waals surface area (Å²) in [4.78, 5) is 4.42. The van der Waals surface area contributed by atoms with Crippen molar-refractivity contribution < 1.29 is 9.46 Å². The van der Waals surface area contributed by atoms with Crippen LogP contribution in [0.4, 0.5) is 0 Å². The Kier molecular flexibility index (Phi) is 2.74. The Labute approximate surface area is 48.1 Å². The Morgan fingerprint density at radius 2 is 1.86 bits per heavy atom. The minimum absolute atomic E-state index is 1.51. The Bertz CT molecular complexity index is 49.4. The Morgan fingerprint density at radius 3 is 1.86 bits per heavy atom. The molecule has 0 aliphatic rings. The van der Waals surface area contributed by atoms with Crippen LogP contribution in [-0.2, 0) is 9.46 Å². The fourth-order valence-corrected chi connectivity index (χ4v) is 0.875. The van der Waals surface area contributed by atoms with Crippen molar-refractivity contribution in [3.8, 4) is 0 Å². The van der Waals surface area contributed by atoms with E-state index in [1.54, 1.807) is 0 Å². The van der Waals surface area contributed by atoms with Gasteiger partial charge in [0.25, 0.3) is 0 Å². The van der Waals surface area contributed by atoms with Gasteiger partial charge in [-0.05, 0) is 13.1 Å². The fourth-order valence-electron chi connectivity index (χ4n) is 0.208. The highest BCUT2D eigenvalue weighted by atomic mass is 29.2. The van der Waals surface area contributed by atoms with Crippen molar-refractivity contribution in [2.24, 2.45) is 0 Å². The highest BCUT2D eigenvalue weighted by molar-refractivity contribution is 7.11. The molecule has 41 valence electrons. The van der Waals surface area contributed by atoms with Crippen LogP contribution in [0.15, 0.2) is 0 Å². The van der Waals surface area contributed by atoms with Crippen LogP contribution in [0.2, 0.25) is 13.1 Å². The van der Waals surface area contributed by atoms with E-state index in [1.807, 2.05) is 13.1 Å². The van der Waals surface area contributed by atoms with Crippen molar-refractivity contribution in [2.75, 3.05) is 7.11 Å². The molecule has 0 amide bonds. The second-order valence-electron chi connectivity index (χ2n) is 1.76. The SMILES string of the molecule is COO[Si](C)(C)[Si]. The summed E-state index contributed by atoms with van der Waals surface area (Å²) in [5, 5.41) is 0. The fraction of sp³-hybridized carbons (Fsp3) is 1.00. The summed E-state index contributed by atoms with van der Waals surface area (Å²) in [6, 6.07) is 0. The molecule has 0 unspecified atom stereocenters. The van der Waals surface area contributed by atoms with Crippen LogP contribution in [0.25, 0.3) is 0 Å². The van der Waals surface area contributed by atoms with Gasteiger partial charge in [-0.15, -0.1) is 0 Å². The molecular formula is C3H9O2Si2. The lowest BCUT2D eigenvalue weighted by atomic mass is 11.8. The second-order valence-corrected chi connectivity index (χ2v) is 8.56. The summed E-state index contributed by atoms with van der Waals surface area (Å²) in [5.74, 6) is 0. The van der Waals surface area contributed by atoms with Gasteiger partial charge < -0.3 is 0 Å². The van der Waals surface area contributed by atoms with E-state index in [0.29, 0.717) is 0 Å². The summed E-state index contributed by atoms with van der Waals surface area (Å²) in [7, 11) is 3.31. The molecule has 0 saturated heterocycles. The molecule has 2 nitrogen and oxygen atoms in total. The van der Waals surface area contributed by atoms with E-state index >= 15 is 0 Å². The highest BCUT2D eigenvalue weighted by Crippen LogP contribution is 1.94. The van der Waals surface area contributed by atoms with Crippen LogP contribution in [-0.4, -0.2) is 24.7 Å². The molecule has 0 bridgehead atoms. The maximum absolute atomic E-state index is 4.78. The molecule has 0 rings (SSSR count). The Balaban J connectivity index is 3.15. The molecule has 0 aliphatic carbocycles. The summed E-state index contributed by atoms with van der Waals surface area (Å²) >= 11 is 0. The van der Waals surface area contributed by atoms with Gasteiger partial charge in [-0.25, -0.2) is 0 Å². The van der Waals surface area contributed by atoms with Crippen LogP contribution < -0.4 is 0 Å². The zero-order valence-electron chi connectivity index (χ0n) is 4.82. The first-order valence-electron chi connectivity index (χ1n) is 2.03. The standard InChI is InChI=1S/C3H9O2Si2/c1-4-5-7(2,3)6/h1-3H3. The molecule has 0 spiro atoms. The summed E-state index contributed by atoms with van der Waals surface area (Å²) in [5.41, 5.74) is 0. The van der Waals surface area contributed by atoms with Gasteiger partial charge in [0.1, 0.15) is 0 Å². The van der Waals surface area contributed by atoms with E-state index in [9.17, 15) is 0 Å². The van der Waals surface area contributed by atoms with Crippen molar-refractivity contribution in [2.45, 2.75) is 13.1 Å². The predicted molar refractivity (Wildman–Crippen MR) is 31.3 cm³/mol.